The lowest BCUT2D eigenvalue weighted by Crippen LogP contribution is -2.22. The molecule has 0 radical (unpaired) electrons. The van der Waals surface area contributed by atoms with Crippen LogP contribution in [0.5, 0.6) is 0 Å². The molecule has 1 atom stereocenters. The van der Waals surface area contributed by atoms with Crippen molar-refractivity contribution in [3.05, 3.63) is 36.0 Å². The maximum absolute atomic E-state index is 5.73. The van der Waals surface area contributed by atoms with Crippen molar-refractivity contribution in [3.8, 4) is 0 Å². The minimum Gasteiger partial charge on any atom is -0.361 e. The zero-order valence-electron chi connectivity index (χ0n) is 10.0. The van der Waals surface area contributed by atoms with E-state index in [4.69, 9.17) is 5.73 Å². The molecule has 1 aromatic carbocycles. The van der Waals surface area contributed by atoms with E-state index < -0.39 is 0 Å². The van der Waals surface area contributed by atoms with Crippen molar-refractivity contribution >= 4 is 10.9 Å². The molecule has 1 saturated heterocycles. The highest BCUT2D eigenvalue weighted by atomic mass is 15.1. The average Bonchev–Trinajstić information content (AvgIpc) is 2.97. The Morgan fingerprint density at radius 2 is 2.24 bits per heavy atom. The molecule has 0 bridgehead atoms. The average molecular weight is 229 g/mol. The van der Waals surface area contributed by atoms with Crippen molar-refractivity contribution in [3.63, 3.8) is 0 Å². The first kappa shape index (κ1) is 10.8. The second-order valence-corrected chi connectivity index (χ2v) is 4.99. The molecule has 1 aliphatic rings. The number of nitrogens with one attached hydrogen (secondary N) is 1. The SMILES string of the molecule is NCC1CCN(Cc2c[nH]c3ccccc23)C1. The van der Waals surface area contributed by atoms with E-state index in [1.165, 1.54) is 29.4 Å². The molecule has 1 aromatic heterocycles. The Hall–Kier alpha value is -1.32. The number of aromatic nitrogens is 1. The normalized spacial score (nSPS) is 21.4. The van der Waals surface area contributed by atoms with Crippen LogP contribution in [0.3, 0.4) is 0 Å². The van der Waals surface area contributed by atoms with Crippen LogP contribution >= 0.6 is 0 Å². The highest BCUT2D eigenvalue weighted by Gasteiger charge is 2.21. The van der Waals surface area contributed by atoms with Crippen molar-refractivity contribution in [2.24, 2.45) is 11.7 Å². The molecule has 0 amide bonds. The Morgan fingerprint density at radius 3 is 3.06 bits per heavy atom. The lowest BCUT2D eigenvalue weighted by atomic mass is 10.1. The highest BCUT2D eigenvalue weighted by Crippen LogP contribution is 2.22. The predicted molar refractivity (Wildman–Crippen MR) is 70.7 cm³/mol. The van der Waals surface area contributed by atoms with Crippen LogP contribution in [-0.4, -0.2) is 29.5 Å². The first-order valence-electron chi connectivity index (χ1n) is 6.34. The first-order chi connectivity index (χ1) is 8.36. The Morgan fingerprint density at radius 1 is 1.35 bits per heavy atom. The summed E-state index contributed by atoms with van der Waals surface area (Å²) in [5.41, 5.74) is 8.36. The predicted octanol–water partition coefficient (Wildman–Crippen LogP) is 1.95. The quantitative estimate of drug-likeness (QED) is 0.845. The molecule has 0 saturated carbocycles. The van der Waals surface area contributed by atoms with Crippen molar-refractivity contribution in [1.29, 1.82) is 0 Å². The first-order valence-corrected chi connectivity index (χ1v) is 6.34. The summed E-state index contributed by atoms with van der Waals surface area (Å²) in [6.07, 6.45) is 3.39. The second kappa shape index (κ2) is 4.51. The zero-order chi connectivity index (χ0) is 11.7. The van der Waals surface area contributed by atoms with E-state index in [9.17, 15) is 0 Å². The number of nitrogens with zero attached hydrogens (tertiary/aromatic N) is 1. The molecule has 0 spiro atoms. The van der Waals surface area contributed by atoms with Gasteiger partial charge in [-0.05, 0) is 37.1 Å². The van der Waals surface area contributed by atoms with Gasteiger partial charge in [0.2, 0.25) is 0 Å². The van der Waals surface area contributed by atoms with Crippen molar-refractivity contribution in [2.75, 3.05) is 19.6 Å². The van der Waals surface area contributed by atoms with Crippen LogP contribution < -0.4 is 5.73 Å². The number of hydrogen-bond donors (Lipinski definition) is 2. The van der Waals surface area contributed by atoms with Crippen LogP contribution in [0, 0.1) is 5.92 Å². The number of benzene rings is 1. The summed E-state index contributed by atoms with van der Waals surface area (Å²) >= 11 is 0. The van der Waals surface area contributed by atoms with E-state index >= 15 is 0 Å². The van der Waals surface area contributed by atoms with Gasteiger partial charge in [-0.2, -0.15) is 0 Å². The molecule has 2 heterocycles. The summed E-state index contributed by atoms with van der Waals surface area (Å²) in [6.45, 7) is 4.20. The molecular weight excluding hydrogens is 210 g/mol. The largest absolute Gasteiger partial charge is 0.361 e. The molecular formula is C14H19N3. The van der Waals surface area contributed by atoms with E-state index in [0.29, 0.717) is 5.92 Å². The van der Waals surface area contributed by atoms with E-state index in [1.807, 2.05) is 0 Å². The summed E-state index contributed by atoms with van der Waals surface area (Å²) in [6, 6.07) is 8.50. The fourth-order valence-corrected chi connectivity index (χ4v) is 2.75. The molecule has 17 heavy (non-hydrogen) atoms. The van der Waals surface area contributed by atoms with E-state index in [-0.39, 0.29) is 0 Å². The van der Waals surface area contributed by atoms with Crippen LogP contribution in [0.2, 0.25) is 0 Å². The van der Waals surface area contributed by atoms with E-state index in [0.717, 1.165) is 19.6 Å². The van der Waals surface area contributed by atoms with E-state index in [2.05, 4.69) is 40.3 Å². The van der Waals surface area contributed by atoms with Crippen LogP contribution in [0.1, 0.15) is 12.0 Å². The van der Waals surface area contributed by atoms with Crippen LogP contribution in [-0.2, 0) is 6.54 Å². The van der Waals surface area contributed by atoms with Gasteiger partial charge in [0, 0.05) is 30.2 Å². The van der Waals surface area contributed by atoms with Gasteiger partial charge in [0.05, 0.1) is 0 Å². The van der Waals surface area contributed by atoms with Crippen molar-refractivity contribution in [2.45, 2.75) is 13.0 Å². The Bertz CT molecular complexity index is 503. The van der Waals surface area contributed by atoms with E-state index in [1.54, 1.807) is 0 Å². The Kier molecular flexibility index (Phi) is 2.87. The smallest absolute Gasteiger partial charge is 0.0457 e. The Balaban J connectivity index is 1.77. The fourth-order valence-electron chi connectivity index (χ4n) is 2.75. The fraction of sp³-hybridized carbons (Fsp3) is 0.429. The molecule has 1 fully saturated rings. The Labute approximate surface area is 102 Å². The van der Waals surface area contributed by atoms with Gasteiger partial charge in [-0.15, -0.1) is 0 Å². The number of rotatable bonds is 3. The number of aromatic amines is 1. The van der Waals surface area contributed by atoms with Gasteiger partial charge in [0.1, 0.15) is 0 Å². The highest BCUT2D eigenvalue weighted by molar-refractivity contribution is 5.82. The summed E-state index contributed by atoms with van der Waals surface area (Å²) < 4.78 is 0. The summed E-state index contributed by atoms with van der Waals surface area (Å²) in [7, 11) is 0. The number of fused-ring (bicyclic) bond motifs is 1. The van der Waals surface area contributed by atoms with Gasteiger partial charge >= 0.3 is 0 Å². The molecule has 3 heteroatoms. The van der Waals surface area contributed by atoms with Gasteiger partial charge in [-0.3, -0.25) is 4.90 Å². The standard InChI is InChI=1S/C14H19N3/c15-7-11-5-6-17(9-11)10-12-8-16-14-4-2-1-3-13(12)14/h1-4,8,11,16H,5-7,9-10,15H2. The molecule has 3 nitrogen and oxygen atoms in total. The number of para-hydroxylation sites is 1. The zero-order valence-corrected chi connectivity index (χ0v) is 10.0. The maximum Gasteiger partial charge on any atom is 0.0457 e. The maximum atomic E-state index is 5.73. The number of hydrogen-bond acceptors (Lipinski definition) is 2. The lowest BCUT2D eigenvalue weighted by Gasteiger charge is -2.14. The molecule has 1 aliphatic heterocycles. The molecule has 90 valence electrons. The summed E-state index contributed by atoms with van der Waals surface area (Å²) in [5, 5.41) is 1.35. The third-order valence-electron chi connectivity index (χ3n) is 3.77. The van der Waals surface area contributed by atoms with Crippen LogP contribution in [0.25, 0.3) is 10.9 Å². The summed E-state index contributed by atoms with van der Waals surface area (Å²) in [4.78, 5) is 5.84. The van der Waals surface area contributed by atoms with Crippen LogP contribution in [0.15, 0.2) is 30.5 Å². The minimum atomic E-state index is 0.695. The minimum absolute atomic E-state index is 0.695. The number of nitrogens with two attached hydrogens (primary N) is 1. The van der Waals surface area contributed by atoms with Gasteiger partial charge in [0.25, 0.3) is 0 Å². The molecule has 3 N–H and O–H groups in total. The van der Waals surface area contributed by atoms with Crippen molar-refractivity contribution in [1.82, 2.24) is 9.88 Å². The number of H-pyrrole nitrogens is 1. The third-order valence-corrected chi connectivity index (χ3v) is 3.77. The second-order valence-electron chi connectivity index (χ2n) is 4.99. The van der Waals surface area contributed by atoms with Gasteiger partial charge in [-0.1, -0.05) is 18.2 Å². The van der Waals surface area contributed by atoms with Gasteiger partial charge in [-0.25, -0.2) is 0 Å². The topological polar surface area (TPSA) is 45.0 Å². The van der Waals surface area contributed by atoms with Gasteiger partial charge in [0.15, 0.2) is 0 Å². The third kappa shape index (κ3) is 2.08. The molecule has 0 aliphatic carbocycles. The summed E-state index contributed by atoms with van der Waals surface area (Å²) in [5.74, 6) is 0.695. The molecule has 3 rings (SSSR count). The molecule has 2 aromatic rings. The number of likely N-dealkylation sites (tertiary alicyclic amines) is 1. The van der Waals surface area contributed by atoms with Crippen LogP contribution in [0.4, 0.5) is 0 Å². The molecule has 1 unspecified atom stereocenters. The van der Waals surface area contributed by atoms with Crippen molar-refractivity contribution < 1.29 is 0 Å². The lowest BCUT2D eigenvalue weighted by molar-refractivity contribution is 0.319. The monoisotopic (exact) mass is 229 g/mol. The van der Waals surface area contributed by atoms with Gasteiger partial charge < -0.3 is 10.7 Å².